The van der Waals surface area contributed by atoms with Gasteiger partial charge in [-0.25, -0.2) is 18.2 Å². The lowest BCUT2D eigenvalue weighted by atomic mass is 10.0. The second kappa shape index (κ2) is 13.7. The van der Waals surface area contributed by atoms with Crippen molar-refractivity contribution in [2.75, 3.05) is 11.9 Å². The Morgan fingerprint density at radius 1 is 1.22 bits per heavy atom. The van der Waals surface area contributed by atoms with Crippen molar-refractivity contribution >= 4 is 56.4 Å². The molecule has 3 fully saturated rings. The van der Waals surface area contributed by atoms with Gasteiger partial charge in [0, 0.05) is 24.3 Å². The molecule has 1 aromatic heterocycles. The lowest BCUT2D eigenvalue weighted by Gasteiger charge is -2.31. The van der Waals surface area contributed by atoms with Crippen molar-refractivity contribution in [3.63, 3.8) is 0 Å². The number of carbonyl (C=O) groups is 4. The maximum absolute atomic E-state index is 14.4. The van der Waals surface area contributed by atoms with E-state index in [0.717, 1.165) is 41.6 Å². The van der Waals surface area contributed by atoms with E-state index < -0.39 is 62.8 Å². The number of aryl methyl sites for hydroxylation is 1. The molecule has 2 saturated carbocycles. The van der Waals surface area contributed by atoms with Crippen molar-refractivity contribution in [3.05, 3.63) is 64.7 Å². The number of fused-ring (bicyclic) bond motifs is 5. The van der Waals surface area contributed by atoms with E-state index in [2.05, 4.69) is 34.1 Å². The van der Waals surface area contributed by atoms with E-state index in [-0.39, 0.29) is 31.2 Å². The molecule has 4 heterocycles. The summed E-state index contributed by atoms with van der Waals surface area (Å²) in [5, 5.41) is 8.05. The molecule has 5 aliphatic rings. The Hall–Kier alpha value is -4.24. The monoisotopic (exact) mass is 736 g/mol. The lowest BCUT2D eigenvalue weighted by Crippen LogP contribution is -2.58. The number of aromatic nitrogens is 1. The Labute approximate surface area is 301 Å². The molecule has 4 amide bonds. The maximum atomic E-state index is 14.4. The number of nitrogens with one attached hydrogen (secondary N) is 3. The van der Waals surface area contributed by atoms with Crippen LogP contribution in [0.3, 0.4) is 0 Å². The predicted molar refractivity (Wildman–Crippen MR) is 192 cm³/mol. The Kier molecular flexibility index (Phi) is 9.46. The van der Waals surface area contributed by atoms with Crippen molar-refractivity contribution in [3.8, 4) is 0 Å². The average molecular weight is 737 g/mol. The van der Waals surface area contributed by atoms with Crippen LogP contribution in [-0.4, -0.2) is 82.5 Å². The van der Waals surface area contributed by atoms with Crippen LogP contribution in [0.15, 0.2) is 42.3 Å². The molecule has 1 saturated heterocycles. The van der Waals surface area contributed by atoms with Gasteiger partial charge in [-0.1, -0.05) is 50.3 Å². The van der Waals surface area contributed by atoms with Gasteiger partial charge in [0.05, 0.1) is 24.0 Å². The van der Waals surface area contributed by atoms with Crippen LogP contribution in [0.4, 0.5) is 9.93 Å². The summed E-state index contributed by atoms with van der Waals surface area (Å²) in [6.07, 6.45) is 8.05. The number of amides is 4. The first-order chi connectivity index (χ1) is 24.4. The zero-order chi connectivity index (χ0) is 36.1. The number of hydrogen-bond acceptors (Lipinski definition) is 10. The lowest BCUT2D eigenvalue weighted by molar-refractivity contribution is -0.140. The smallest absolute Gasteiger partial charge is 0.410 e. The van der Waals surface area contributed by atoms with E-state index in [4.69, 9.17) is 9.72 Å². The van der Waals surface area contributed by atoms with E-state index in [1.165, 1.54) is 22.3 Å². The quantitative estimate of drug-likeness (QED) is 0.359. The first kappa shape index (κ1) is 35.2. The number of hydrogen-bond donors (Lipinski definition) is 3. The van der Waals surface area contributed by atoms with Crippen molar-refractivity contribution in [2.24, 2.45) is 11.8 Å². The summed E-state index contributed by atoms with van der Waals surface area (Å²) >= 11 is 1.41. The van der Waals surface area contributed by atoms with Crippen LogP contribution >= 0.6 is 11.3 Å². The summed E-state index contributed by atoms with van der Waals surface area (Å²) in [4.78, 5) is 63.4. The summed E-state index contributed by atoms with van der Waals surface area (Å²) in [6.45, 7) is 8.29. The summed E-state index contributed by atoms with van der Waals surface area (Å²) in [5.41, 5.74) is 2.55. The van der Waals surface area contributed by atoms with E-state index in [1.807, 2.05) is 37.4 Å². The van der Waals surface area contributed by atoms with Gasteiger partial charge in [0.25, 0.3) is 5.91 Å². The third-order valence-corrected chi connectivity index (χ3v) is 13.1. The third-order valence-electron chi connectivity index (χ3n) is 10.5. The number of sulfonamides is 1. The molecule has 6 bridgehead atoms. The van der Waals surface area contributed by atoms with Gasteiger partial charge in [0.2, 0.25) is 21.8 Å². The molecule has 272 valence electrons. The molecule has 7 rings (SSSR count). The van der Waals surface area contributed by atoms with Crippen LogP contribution in [0, 0.1) is 11.8 Å². The van der Waals surface area contributed by atoms with Crippen LogP contribution in [-0.2, 0) is 48.7 Å². The van der Waals surface area contributed by atoms with E-state index in [9.17, 15) is 27.6 Å². The summed E-state index contributed by atoms with van der Waals surface area (Å²) in [7, 11) is -3.87. The zero-order valence-electron chi connectivity index (χ0n) is 28.8. The van der Waals surface area contributed by atoms with E-state index in [0.29, 0.717) is 31.1 Å². The largest absolute Gasteiger partial charge is 0.444 e. The fraction of sp³-hybridized carbons (Fsp3) is 0.528. The van der Waals surface area contributed by atoms with Crippen LogP contribution in [0.25, 0.3) is 6.08 Å². The van der Waals surface area contributed by atoms with Gasteiger partial charge in [-0.05, 0) is 61.1 Å². The van der Waals surface area contributed by atoms with Crippen molar-refractivity contribution < 1.29 is 32.3 Å². The highest BCUT2D eigenvalue weighted by atomic mass is 32.2. The molecule has 0 radical (unpaired) electrons. The average Bonchev–Trinajstić information content (AvgIpc) is 3.91. The first-order valence-electron chi connectivity index (χ1n) is 17.6. The molecular weight excluding hydrogens is 693 g/mol. The van der Waals surface area contributed by atoms with Crippen LogP contribution in [0.5, 0.6) is 0 Å². The number of allylic oxidation sites excluding steroid dienone is 1. The molecule has 5 atom stereocenters. The van der Waals surface area contributed by atoms with Gasteiger partial charge in [0.15, 0.2) is 5.13 Å². The van der Waals surface area contributed by atoms with Gasteiger partial charge in [-0.15, -0.1) is 17.9 Å². The fourth-order valence-corrected chi connectivity index (χ4v) is 9.42. The highest BCUT2D eigenvalue weighted by Crippen LogP contribution is 2.45. The molecule has 13 nitrogen and oxygen atoms in total. The minimum absolute atomic E-state index is 0.00112. The van der Waals surface area contributed by atoms with Crippen molar-refractivity contribution in [1.82, 2.24) is 24.8 Å². The molecular formula is C36H44N6O7S2. The number of anilines is 1. The van der Waals surface area contributed by atoms with Gasteiger partial charge in [0.1, 0.15) is 23.7 Å². The summed E-state index contributed by atoms with van der Waals surface area (Å²) < 4.78 is 33.5. The molecule has 3 aliphatic heterocycles. The number of nitrogens with zero attached hydrogens (tertiary/aromatic N) is 3. The highest BCUT2D eigenvalue weighted by Gasteiger charge is 2.62. The fourth-order valence-electron chi connectivity index (χ4n) is 7.27. The Morgan fingerprint density at radius 2 is 2.02 bits per heavy atom. The SMILES string of the molecule is C=CC1C[C@]1(NC(=O)[C@@H]1C[C@@H]2CN1C(=O)[C@H](C(C)C)Nc1nc(cs1)CCCC=Cc1cccc3c1CN(C3)C(=O)O2)C(=O)NS(=O)(=O)C1CC1. The third kappa shape index (κ3) is 7.14. The normalized spacial score (nSPS) is 27.8. The highest BCUT2D eigenvalue weighted by molar-refractivity contribution is 7.91. The molecule has 1 aromatic carbocycles. The van der Waals surface area contributed by atoms with Crippen molar-refractivity contribution in [1.29, 1.82) is 0 Å². The number of ether oxygens (including phenoxy) is 1. The molecule has 3 N–H and O–H groups in total. The summed E-state index contributed by atoms with van der Waals surface area (Å²) in [5.74, 6) is -2.52. The molecule has 1 unspecified atom stereocenters. The number of thiazole rings is 1. The Morgan fingerprint density at radius 3 is 2.75 bits per heavy atom. The van der Waals surface area contributed by atoms with E-state index in [1.54, 1.807) is 4.90 Å². The Balaban J connectivity index is 1.17. The second-order valence-corrected chi connectivity index (χ2v) is 17.4. The first-order valence-corrected chi connectivity index (χ1v) is 20.1. The molecule has 2 aromatic rings. The van der Waals surface area contributed by atoms with Gasteiger partial charge >= 0.3 is 6.09 Å². The van der Waals surface area contributed by atoms with Crippen LogP contribution in [0.2, 0.25) is 0 Å². The van der Waals surface area contributed by atoms with Crippen molar-refractivity contribution in [2.45, 2.75) is 101 Å². The van der Waals surface area contributed by atoms with Gasteiger partial charge in [-0.2, -0.15) is 0 Å². The van der Waals surface area contributed by atoms with Crippen LogP contribution < -0.4 is 15.4 Å². The number of rotatable bonds is 7. The minimum Gasteiger partial charge on any atom is -0.444 e. The number of benzene rings is 1. The zero-order valence-corrected chi connectivity index (χ0v) is 30.4. The topological polar surface area (TPSA) is 167 Å². The molecule has 51 heavy (non-hydrogen) atoms. The number of carbonyl (C=O) groups excluding carboxylic acids is 4. The standard InChI is InChI=1S/C36H44N6O7S2/c1-4-24-16-36(24,33(45)40-51(47,48)27-13-14-27)39-31(43)29-15-26-18-42(29)32(44)30(21(2)3)38-34-37-25(20-50-34)12-7-5-6-9-22-10-8-11-23-17-41(19-28(22)23)35(46)49-26/h4,6,8-11,20-21,24,26-27,29-30H,1,5,7,12-19H2,2-3H3,(H,37,38)(H,39,43)(H,40,45)/t24?,26-,29+,30+,36-/m1/s1. The maximum Gasteiger partial charge on any atom is 0.410 e. The van der Waals surface area contributed by atoms with Crippen LogP contribution in [0.1, 0.15) is 74.8 Å². The van der Waals surface area contributed by atoms with E-state index >= 15 is 0 Å². The predicted octanol–water partition coefficient (Wildman–Crippen LogP) is 3.72. The molecule has 2 aliphatic carbocycles. The minimum atomic E-state index is -3.87. The summed E-state index contributed by atoms with van der Waals surface area (Å²) in [6, 6.07) is 4.17. The van der Waals surface area contributed by atoms with Gasteiger partial charge in [-0.3, -0.25) is 24.0 Å². The molecule has 0 spiro atoms. The second-order valence-electron chi connectivity index (χ2n) is 14.6. The van der Waals surface area contributed by atoms with Gasteiger partial charge < -0.3 is 20.3 Å². The molecule has 15 heteroatoms. The Bertz CT molecular complexity index is 1890.